The Balaban J connectivity index is 2.83. The van der Waals surface area contributed by atoms with Crippen molar-refractivity contribution in [2.75, 3.05) is 6.54 Å². The van der Waals surface area contributed by atoms with Crippen LogP contribution in [0, 0.1) is 5.92 Å². The van der Waals surface area contributed by atoms with Gasteiger partial charge in [-0.3, -0.25) is 0 Å². The van der Waals surface area contributed by atoms with Gasteiger partial charge in [0.05, 0.1) is 0 Å². The van der Waals surface area contributed by atoms with Gasteiger partial charge in [-0.15, -0.1) is 0 Å². The molecule has 0 amide bonds. The molecule has 1 N–H and O–H groups in total. The average molecular weight is 261 g/mol. The van der Waals surface area contributed by atoms with Gasteiger partial charge in [-0.2, -0.15) is 0 Å². The molecule has 2 atom stereocenters. The summed E-state index contributed by atoms with van der Waals surface area (Å²) in [7, 11) is 0. The van der Waals surface area contributed by atoms with Crippen molar-refractivity contribution in [3.8, 4) is 0 Å². The van der Waals surface area contributed by atoms with Gasteiger partial charge < -0.3 is 5.32 Å². The van der Waals surface area contributed by atoms with Crippen LogP contribution in [0.5, 0.6) is 0 Å². The monoisotopic (exact) mass is 261 g/mol. The molecular formula is C18H31N. The third kappa shape index (κ3) is 4.99. The summed E-state index contributed by atoms with van der Waals surface area (Å²) < 4.78 is 0. The molecule has 2 unspecified atom stereocenters. The maximum Gasteiger partial charge on any atom is 0.0346 e. The van der Waals surface area contributed by atoms with E-state index in [-0.39, 0.29) is 0 Å². The summed E-state index contributed by atoms with van der Waals surface area (Å²) >= 11 is 0. The summed E-state index contributed by atoms with van der Waals surface area (Å²) in [6.45, 7) is 12.5. The highest BCUT2D eigenvalue weighted by atomic mass is 14.9. The fraction of sp³-hybridized carbons (Fsp3) is 0.667. The summed E-state index contributed by atoms with van der Waals surface area (Å²) in [6, 6.07) is 9.71. The first-order valence-corrected chi connectivity index (χ1v) is 7.93. The molecule has 1 aromatic rings. The second-order valence-electron chi connectivity index (χ2n) is 6.02. The van der Waals surface area contributed by atoms with Gasteiger partial charge in [0.2, 0.25) is 0 Å². The first kappa shape index (κ1) is 16.2. The van der Waals surface area contributed by atoms with E-state index in [9.17, 15) is 0 Å². The van der Waals surface area contributed by atoms with Crippen LogP contribution in [0.2, 0.25) is 0 Å². The van der Waals surface area contributed by atoms with Gasteiger partial charge in [-0.1, -0.05) is 65.3 Å². The third-order valence-corrected chi connectivity index (χ3v) is 3.89. The molecule has 0 saturated heterocycles. The minimum atomic E-state index is 0.501. The van der Waals surface area contributed by atoms with E-state index in [1.54, 1.807) is 0 Å². The maximum atomic E-state index is 3.72. The predicted octanol–water partition coefficient (Wildman–Crippen LogP) is 5.29. The molecule has 0 aliphatic rings. The Labute approximate surface area is 119 Å². The third-order valence-electron chi connectivity index (χ3n) is 3.89. The fourth-order valence-electron chi connectivity index (χ4n) is 2.66. The zero-order valence-corrected chi connectivity index (χ0v) is 13.4. The minimum Gasteiger partial charge on any atom is -0.310 e. The predicted molar refractivity (Wildman–Crippen MR) is 85.6 cm³/mol. The zero-order chi connectivity index (χ0) is 14.3. The summed E-state index contributed by atoms with van der Waals surface area (Å²) in [6.07, 6.45) is 3.74. The first-order chi connectivity index (χ1) is 9.10. The molecular weight excluding hydrogens is 230 g/mol. The van der Waals surface area contributed by atoms with Gasteiger partial charge >= 0.3 is 0 Å². The number of rotatable bonds is 8. The first-order valence-electron chi connectivity index (χ1n) is 7.93. The van der Waals surface area contributed by atoms with Crippen molar-refractivity contribution in [3.63, 3.8) is 0 Å². The van der Waals surface area contributed by atoms with Crippen molar-refractivity contribution in [1.82, 2.24) is 5.32 Å². The lowest BCUT2D eigenvalue weighted by molar-refractivity contribution is 0.363. The van der Waals surface area contributed by atoms with Crippen LogP contribution in [0.3, 0.4) is 0 Å². The molecule has 0 heterocycles. The van der Waals surface area contributed by atoms with Crippen LogP contribution in [0.25, 0.3) is 0 Å². The molecule has 1 nitrogen and oxygen atoms in total. The Bertz CT molecular complexity index is 339. The van der Waals surface area contributed by atoms with Gasteiger partial charge in [0, 0.05) is 6.04 Å². The molecule has 0 fully saturated rings. The van der Waals surface area contributed by atoms with Gasteiger partial charge in [0.15, 0.2) is 0 Å². The Morgan fingerprint density at radius 3 is 1.95 bits per heavy atom. The number of nitrogens with one attached hydrogen (secondary N) is 1. The molecule has 0 aliphatic heterocycles. The topological polar surface area (TPSA) is 12.0 Å². The molecule has 19 heavy (non-hydrogen) atoms. The van der Waals surface area contributed by atoms with E-state index in [1.165, 1.54) is 30.4 Å². The summed E-state index contributed by atoms with van der Waals surface area (Å²) in [5.41, 5.74) is 2.87. The molecule has 0 saturated carbocycles. The van der Waals surface area contributed by atoms with Gasteiger partial charge in [-0.05, 0) is 42.3 Å². The van der Waals surface area contributed by atoms with Crippen LogP contribution >= 0.6 is 0 Å². The minimum absolute atomic E-state index is 0.501. The van der Waals surface area contributed by atoms with Crippen LogP contribution in [0.15, 0.2) is 24.3 Å². The van der Waals surface area contributed by atoms with E-state index in [4.69, 9.17) is 0 Å². The zero-order valence-electron chi connectivity index (χ0n) is 13.4. The molecule has 108 valence electrons. The largest absolute Gasteiger partial charge is 0.310 e. The number of benzene rings is 1. The average Bonchev–Trinajstić information content (AvgIpc) is 2.40. The molecule has 1 rings (SSSR count). The van der Waals surface area contributed by atoms with Crippen LogP contribution < -0.4 is 5.32 Å². The van der Waals surface area contributed by atoms with Crippen LogP contribution in [0.1, 0.15) is 77.0 Å². The lowest BCUT2D eigenvalue weighted by Crippen LogP contribution is -2.27. The standard InChI is InChI=1S/C18H31N/c1-6-8-15(5)18(19-13-7-2)17-11-9-16(10-12-17)14(3)4/h9-12,14-15,18-19H,6-8,13H2,1-5H3. The van der Waals surface area contributed by atoms with E-state index in [0.717, 1.165) is 6.54 Å². The Morgan fingerprint density at radius 1 is 0.895 bits per heavy atom. The molecule has 1 aromatic carbocycles. The summed E-state index contributed by atoms with van der Waals surface area (Å²) in [5.74, 6) is 1.31. The van der Waals surface area contributed by atoms with E-state index >= 15 is 0 Å². The summed E-state index contributed by atoms with van der Waals surface area (Å²) in [4.78, 5) is 0. The van der Waals surface area contributed by atoms with E-state index < -0.39 is 0 Å². The normalized spacial score (nSPS) is 14.6. The van der Waals surface area contributed by atoms with Crippen LogP contribution in [0.4, 0.5) is 0 Å². The van der Waals surface area contributed by atoms with Crippen molar-refractivity contribution in [2.24, 2.45) is 5.92 Å². The molecule has 0 radical (unpaired) electrons. The van der Waals surface area contributed by atoms with Gasteiger partial charge in [0.1, 0.15) is 0 Å². The lowest BCUT2D eigenvalue weighted by Gasteiger charge is -2.26. The number of hydrogen-bond acceptors (Lipinski definition) is 1. The Kier molecular flexibility index (Phi) is 7.15. The van der Waals surface area contributed by atoms with Crippen molar-refractivity contribution >= 4 is 0 Å². The molecule has 0 bridgehead atoms. The van der Waals surface area contributed by atoms with Gasteiger partial charge in [-0.25, -0.2) is 0 Å². The van der Waals surface area contributed by atoms with E-state index in [1.807, 2.05) is 0 Å². The fourth-order valence-corrected chi connectivity index (χ4v) is 2.66. The highest BCUT2D eigenvalue weighted by molar-refractivity contribution is 5.27. The molecule has 0 spiro atoms. The van der Waals surface area contributed by atoms with E-state index in [0.29, 0.717) is 17.9 Å². The van der Waals surface area contributed by atoms with Crippen LogP contribution in [-0.2, 0) is 0 Å². The Hall–Kier alpha value is -0.820. The Morgan fingerprint density at radius 2 is 1.47 bits per heavy atom. The van der Waals surface area contributed by atoms with Crippen LogP contribution in [-0.4, -0.2) is 6.54 Å². The second-order valence-corrected chi connectivity index (χ2v) is 6.02. The van der Waals surface area contributed by atoms with Crippen molar-refractivity contribution in [3.05, 3.63) is 35.4 Å². The molecule has 0 aliphatic carbocycles. The summed E-state index contributed by atoms with van der Waals surface area (Å²) in [5, 5.41) is 3.72. The second kappa shape index (κ2) is 8.37. The van der Waals surface area contributed by atoms with Gasteiger partial charge in [0.25, 0.3) is 0 Å². The van der Waals surface area contributed by atoms with Crippen molar-refractivity contribution in [2.45, 2.75) is 65.8 Å². The molecule has 1 heteroatoms. The highest BCUT2D eigenvalue weighted by Gasteiger charge is 2.17. The molecule has 0 aromatic heterocycles. The number of hydrogen-bond donors (Lipinski definition) is 1. The van der Waals surface area contributed by atoms with Crippen molar-refractivity contribution < 1.29 is 0 Å². The SMILES string of the molecule is CCCNC(c1ccc(C(C)C)cc1)C(C)CCC. The highest BCUT2D eigenvalue weighted by Crippen LogP contribution is 2.27. The lowest BCUT2D eigenvalue weighted by atomic mass is 9.89. The van der Waals surface area contributed by atoms with Crippen molar-refractivity contribution in [1.29, 1.82) is 0 Å². The quantitative estimate of drug-likeness (QED) is 0.670. The maximum absolute atomic E-state index is 3.72. The smallest absolute Gasteiger partial charge is 0.0346 e. The van der Waals surface area contributed by atoms with E-state index in [2.05, 4.69) is 64.2 Å².